The Morgan fingerprint density at radius 3 is 2.42 bits per heavy atom. The zero-order valence-corrected chi connectivity index (χ0v) is 19.3. The first-order chi connectivity index (χ1) is 17.2. The molecular weight excluding hydrogens is 468 g/mol. The second-order valence-electron chi connectivity index (χ2n) is 7.40. The van der Waals surface area contributed by atoms with Gasteiger partial charge in [0.1, 0.15) is 11.6 Å². The van der Waals surface area contributed by atoms with E-state index in [0.717, 1.165) is 23.8 Å². The molecule has 0 spiro atoms. The summed E-state index contributed by atoms with van der Waals surface area (Å²) in [4.78, 5) is 33.4. The van der Waals surface area contributed by atoms with Crippen molar-refractivity contribution < 1.29 is 24.1 Å². The van der Waals surface area contributed by atoms with E-state index in [-0.39, 0.29) is 29.4 Å². The number of nitriles is 1. The van der Waals surface area contributed by atoms with E-state index in [2.05, 4.69) is 5.32 Å². The maximum absolute atomic E-state index is 12.6. The van der Waals surface area contributed by atoms with E-state index in [4.69, 9.17) is 9.47 Å². The van der Waals surface area contributed by atoms with Gasteiger partial charge in [-0.05, 0) is 61.4 Å². The minimum Gasteiger partial charge on any atom is -0.490 e. The number of hydrogen-bond donors (Lipinski definition) is 1. The van der Waals surface area contributed by atoms with Crippen molar-refractivity contribution in [3.8, 4) is 23.3 Å². The smallest absolute Gasteiger partial charge is 0.318 e. The van der Waals surface area contributed by atoms with Crippen LogP contribution < -0.4 is 14.8 Å². The summed E-state index contributed by atoms with van der Waals surface area (Å²) < 4.78 is 11.2. The van der Waals surface area contributed by atoms with Crippen molar-refractivity contribution in [3.63, 3.8) is 0 Å². The third-order valence-electron chi connectivity index (χ3n) is 4.79. The molecule has 0 atom stereocenters. The molecule has 0 aliphatic heterocycles. The summed E-state index contributed by atoms with van der Waals surface area (Å²) in [6.07, 6.45) is 1.37. The van der Waals surface area contributed by atoms with Crippen molar-refractivity contribution in [1.82, 2.24) is 0 Å². The number of aryl methyl sites for hydroxylation is 1. The van der Waals surface area contributed by atoms with E-state index in [1.807, 2.05) is 19.1 Å². The highest BCUT2D eigenvalue weighted by Gasteiger charge is 2.22. The fraction of sp³-hybridized carbons (Fsp3) is 0.120. The van der Waals surface area contributed by atoms with Crippen molar-refractivity contribution in [2.24, 2.45) is 0 Å². The van der Waals surface area contributed by atoms with E-state index >= 15 is 0 Å². The molecule has 0 saturated carbocycles. The first kappa shape index (κ1) is 25.4. The number of benzene rings is 3. The molecule has 0 aliphatic carbocycles. The van der Waals surface area contributed by atoms with Gasteiger partial charge < -0.3 is 14.8 Å². The van der Waals surface area contributed by atoms with Gasteiger partial charge in [0.25, 0.3) is 11.6 Å². The van der Waals surface area contributed by atoms with Gasteiger partial charge in [0, 0.05) is 11.8 Å². The Balaban J connectivity index is 1.91. The van der Waals surface area contributed by atoms with Crippen molar-refractivity contribution >= 4 is 29.0 Å². The highest BCUT2D eigenvalue weighted by Crippen LogP contribution is 2.38. The zero-order valence-electron chi connectivity index (χ0n) is 19.3. The van der Waals surface area contributed by atoms with E-state index < -0.39 is 27.1 Å². The van der Waals surface area contributed by atoms with Crippen LogP contribution in [-0.4, -0.2) is 22.4 Å². The molecule has 36 heavy (non-hydrogen) atoms. The fourth-order valence-corrected chi connectivity index (χ4v) is 3.17. The molecule has 0 aromatic heterocycles. The Morgan fingerprint density at radius 2 is 1.78 bits per heavy atom. The lowest BCUT2D eigenvalue weighted by atomic mass is 10.1. The molecule has 11 heteroatoms. The lowest BCUT2D eigenvalue weighted by Gasteiger charge is -2.12. The number of ether oxygens (including phenoxy) is 2. The molecule has 3 aromatic carbocycles. The van der Waals surface area contributed by atoms with Crippen molar-refractivity contribution in [2.45, 2.75) is 13.8 Å². The van der Waals surface area contributed by atoms with Gasteiger partial charge in [-0.3, -0.25) is 25.0 Å². The van der Waals surface area contributed by atoms with Crippen LogP contribution in [0.15, 0.2) is 66.2 Å². The maximum atomic E-state index is 12.6. The lowest BCUT2D eigenvalue weighted by Crippen LogP contribution is -2.13. The average molecular weight is 488 g/mol. The molecule has 0 aliphatic rings. The molecule has 0 radical (unpaired) electrons. The molecule has 0 bridgehead atoms. The van der Waals surface area contributed by atoms with E-state index in [9.17, 15) is 30.3 Å². The van der Waals surface area contributed by atoms with Crippen LogP contribution in [0, 0.1) is 38.5 Å². The molecule has 182 valence electrons. The standard InChI is InChI=1S/C25H20N4O7/c1-3-35-24-13-17(12-18(15-26)25(30)27-19-6-4-5-16(2)11-19)7-9-23(24)36-22-10-8-20(28(31)32)14-21(22)29(33)34/h4-14H,3H2,1-2H3,(H,27,30)/b18-12-. The van der Waals surface area contributed by atoms with Gasteiger partial charge in [-0.1, -0.05) is 18.2 Å². The molecule has 0 saturated heterocycles. The van der Waals surface area contributed by atoms with Crippen LogP contribution in [0.1, 0.15) is 18.1 Å². The van der Waals surface area contributed by atoms with Crippen molar-refractivity contribution in [3.05, 3.63) is 97.6 Å². The third kappa shape index (κ3) is 6.21. The molecule has 3 aromatic rings. The summed E-state index contributed by atoms with van der Waals surface area (Å²) in [5, 5.41) is 34.6. The number of amides is 1. The van der Waals surface area contributed by atoms with E-state index in [0.29, 0.717) is 11.3 Å². The maximum Gasteiger partial charge on any atom is 0.318 e. The second kappa shape index (κ2) is 11.3. The van der Waals surface area contributed by atoms with Crippen LogP contribution in [-0.2, 0) is 4.79 Å². The molecular formula is C25H20N4O7. The second-order valence-corrected chi connectivity index (χ2v) is 7.40. The highest BCUT2D eigenvalue weighted by molar-refractivity contribution is 6.09. The summed E-state index contributed by atoms with van der Waals surface area (Å²) in [5.41, 5.74) is 0.742. The first-order valence-electron chi connectivity index (χ1n) is 10.6. The lowest BCUT2D eigenvalue weighted by molar-refractivity contribution is -0.394. The summed E-state index contributed by atoms with van der Waals surface area (Å²) in [6.45, 7) is 3.82. The SMILES string of the molecule is CCOc1cc(/C=C(/C#N)C(=O)Nc2cccc(C)c2)ccc1Oc1ccc([N+](=O)[O-])cc1[N+](=O)[O-]. The quantitative estimate of drug-likeness (QED) is 0.178. The first-order valence-corrected chi connectivity index (χ1v) is 10.6. The Bertz CT molecular complexity index is 1410. The van der Waals surface area contributed by atoms with Crippen LogP contribution in [0.4, 0.5) is 17.1 Å². The Morgan fingerprint density at radius 1 is 1.03 bits per heavy atom. The minimum atomic E-state index is -0.786. The van der Waals surface area contributed by atoms with Crippen molar-refractivity contribution in [1.29, 1.82) is 5.26 Å². The predicted molar refractivity (Wildman–Crippen MR) is 131 cm³/mol. The van der Waals surface area contributed by atoms with Crippen LogP contribution in [0.3, 0.4) is 0 Å². The van der Waals surface area contributed by atoms with Gasteiger partial charge in [-0.25, -0.2) is 0 Å². The van der Waals surface area contributed by atoms with E-state index in [1.54, 1.807) is 25.1 Å². The molecule has 3 rings (SSSR count). The molecule has 0 unspecified atom stereocenters. The van der Waals surface area contributed by atoms with Crippen LogP contribution >= 0.6 is 0 Å². The van der Waals surface area contributed by atoms with Gasteiger partial charge in [0.05, 0.1) is 22.5 Å². The minimum absolute atomic E-state index is 0.105. The summed E-state index contributed by atoms with van der Waals surface area (Å²) in [5.74, 6) is -0.517. The number of nitrogens with one attached hydrogen (secondary N) is 1. The Hall–Kier alpha value is -5.24. The van der Waals surface area contributed by atoms with Crippen LogP contribution in [0.5, 0.6) is 17.2 Å². The molecule has 1 amide bonds. The number of nitro benzene ring substituents is 2. The summed E-state index contributed by atoms with van der Waals surface area (Å²) >= 11 is 0. The van der Waals surface area contributed by atoms with Crippen LogP contribution in [0.2, 0.25) is 0 Å². The fourth-order valence-electron chi connectivity index (χ4n) is 3.17. The Kier molecular flexibility index (Phi) is 7.94. The molecule has 11 nitrogen and oxygen atoms in total. The van der Waals surface area contributed by atoms with Crippen molar-refractivity contribution in [2.75, 3.05) is 11.9 Å². The highest BCUT2D eigenvalue weighted by atomic mass is 16.6. The third-order valence-corrected chi connectivity index (χ3v) is 4.79. The van der Waals surface area contributed by atoms with Gasteiger partial charge in [0.15, 0.2) is 11.5 Å². The van der Waals surface area contributed by atoms with E-state index in [1.165, 1.54) is 24.3 Å². The number of anilines is 1. The van der Waals surface area contributed by atoms with Gasteiger partial charge >= 0.3 is 5.69 Å². The van der Waals surface area contributed by atoms with Gasteiger partial charge in [-0.2, -0.15) is 5.26 Å². The number of nitrogens with zero attached hydrogens (tertiary/aromatic N) is 3. The van der Waals surface area contributed by atoms with Crippen LogP contribution in [0.25, 0.3) is 6.08 Å². The predicted octanol–water partition coefficient (Wildman–Crippen LogP) is 5.55. The Labute approximate surface area is 205 Å². The van der Waals surface area contributed by atoms with Gasteiger partial charge in [0.2, 0.25) is 5.75 Å². The van der Waals surface area contributed by atoms with Gasteiger partial charge in [-0.15, -0.1) is 0 Å². The summed E-state index contributed by atoms with van der Waals surface area (Å²) in [7, 11) is 0. The normalized spacial score (nSPS) is 10.8. The topological polar surface area (TPSA) is 158 Å². The number of carbonyl (C=O) groups excluding carboxylic acids is 1. The monoisotopic (exact) mass is 488 g/mol. The number of carbonyl (C=O) groups is 1. The molecule has 0 fully saturated rings. The number of rotatable bonds is 9. The largest absolute Gasteiger partial charge is 0.490 e. The molecule has 1 N–H and O–H groups in total. The number of non-ortho nitro benzene ring substituents is 1. The summed E-state index contributed by atoms with van der Waals surface area (Å²) in [6, 6.07) is 16.5. The number of nitro groups is 2. The number of hydrogen-bond acceptors (Lipinski definition) is 8. The average Bonchev–Trinajstić information content (AvgIpc) is 2.84. The molecule has 0 heterocycles. The zero-order chi connectivity index (χ0) is 26.2.